The number of sulfonamides is 1. The maximum absolute atomic E-state index is 12.6. The number of carbonyl (C=O) groups excluding carboxylic acids is 1. The van der Waals surface area contributed by atoms with Crippen LogP contribution in [0.25, 0.3) is 10.9 Å². The van der Waals surface area contributed by atoms with E-state index in [0.29, 0.717) is 47.5 Å². The number of hydrogen-bond acceptors (Lipinski definition) is 5. The summed E-state index contributed by atoms with van der Waals surface area (Å²) in [4.78, 5) is 28.7. The van der Waals surface area contributed by atoms with Crippen LogP contribution in [0.2, 0.25) is 0 Å². The minimum Gasteiger partial charge on any atom is -0.325 e. The Morgan fingerprint density at radius 1 is 1.12 bits per heavy atom. The van der Waals surface area contributed by atoms with E-state index >= 15 is 0 Å². The molecule has 4 rings (SSSR count). The Hall–Kier alpha value is -3.25. The number of carbonyl (C=O) groups is 1. The van der Waals surface area contributed by atoms with Gasteiger partial charge in [-0.3, -0.25) is 14.2 Å². The molecule has 0 aliphatic carbocycles. The molecule has 2 aromatic carbocycles. The van der Waals surface area contributed by atoms with Gasteiger partial charge in [-0.15, -0.1) is 0 Å². The molecule has 0 radical (unpaired) electrons. The highest BCUT2D eigenvalue weighted by molar-refractivity contribution is 7.89. The van der Waals surface area contributed by atoms with Crippen LogP contribution >= 0.6 is 0 Å². The molecule has 0 saturated heterocycles. The molecule has 0 saturated carbocycles. The number of alkyl halides is 3. The lowest BCUT2D eigenvalue weighted by Crippen LogP contribution is -2.33. The minimum absolute atomic E-state index is 0.148. The van der Waals surface area contributed by atoms with Gasteiger partial charge in [0.2, 0.25) is 15.9 Å². The summed E-state index contributed by atoms with van der Waals surface area (Å²) in [6.07, 6.45) is -3.06. The van der Waals surface area contributed by atoms with Crippen LogP contribution in [0.1, 0.15) is 17.8 Å². The Kier molecular flexibility index (Phi) is 5.51. The van der Waals surface area contributed by atoms with E-state index in [0.717, 1.165) is 18.6 Å². The summed E-state index contributed by atoms with van der Waals surface area (Å²) in [7, 11) is -4.19. The van der Waals surface area contributed by atoms with E-state index in [9.17, 15) is 31.2 Å². The van der Waals surface area contributed by atoms with Crippen molar-refractivity contribution in [3.05, 3.63) is 64.2 Å². The molecule has 1 amide bonds. The van der Waals surface area contributed by atoms with Crippen LogP contribution < -0.4 is 15.6 Å². The van der Waals surface area contributed by atoms with Crippen molar-refractivity contribution in [2.24, 2.45) is 0 Å². The molecule has 12 heteroatoms. The quantitative estimate of drug-likeness (QED) is 0.600. The van der Waals surface area contributed by atoms with E-state index in [1.807, 2.05) is 4.72 Å². The first-order valence-corrected chi connectivity index (χ1v) is 11.0. The second kappa shape index (κ2) is 8.02. The van der Waals surface area contributed by atoms with Gasteiger partial charge in [0.25, 0.3) is 5.56 Å². The maximum atomic E-state index is 12.6. The number of anilines is 1. The average molecular weight is 466 g/mol. The molecule has 32 heavy (non-hydrogen) atoms. The van der Waals surface area contributed by atoms with Gasteiger partial charge in [0.15, 0.2) is 0 Å². The van der Waals surface area contributed by atoms with Gasteiger partial charge in [0.05, 0.1) is 27.9 Å². The van der Waals surface area contributed by atoms with Crippen LogP contribution in [0.3, 0.4) is 0 Å². The van der Waals surface area contributed by atoms with Crippen molar-refractivity contribution < 1.29 is 26.4 Å². The Morgan fingerprint density at radius 3 is 2.53 bits per heavy atom. The van der Waals surface area contributed by atoms with Crippen molar-refractivity contribution in [2.75, 3.05) is 11.9 Å². The first kappa shape index (κ1) is 22.0. The monoisotopic (exact) mass is 466 g/mol. The highest BCUT2D eigenvalue weighted by Gasteiger charge is 2.30. The summed E-state index contributed by atoms with van der Waals surface area (Å²) in [5.74, 6) is -0.0204. The summed E-state index contributed by atoms with van der Waals surface area (Å²) in [5, 5.41) is 2.92. The number of aryl methyl sites for hydroxylation is 1. The van der Waals surface area contributed by atoms with Crippen molar-refractivity contribution >= 4 is 32.5 Å². The Balaban J connectivity index is 1.44. The van der Waals surface area contributed by atoms with Crippen LogP contribution in [0.4, 0.5) is 18.9 Å². The van der Waals surface area contributed by atoms with E-state index < -0.39 is 39.1 Å². The summed E-state index contributed by atoms with van der Waals surface area (Å²) in [6, 6.07) is 7.50. The average Bonchev–Trinajstić information content (AvgIpc) is 3.21. The molecule has 0 atom stereocenters. The number of fused-ring (bicyclic) bond motifs is 2. The van der Waals surface area contributed by atoms with E-state index in [2.05, 4.69) is 10.3 Å². The normalized spacial score (nSPS) is 13.8. The molecule has 0 spiro atoms. The predicted octanol–water partition coefficient (Wildman–Crippen LogP) is 2.28. The van der Waals surface area contributed by atoms with Crippen molar-refractivity contribution in [1.82, 2.24) is 14.3 Å². The number of hydrogen-bond donors (Lipinski definition) is 2. The predicted molar refractivity (Wildman–Crippen MR) is 110 cm³/mol. The van der Waals surface area contributed by atoms with Crippen LogP contribution in [0.15, 0.2) is 52.2 Å². The van der Waals surface area contributed by atoms with Gasteiger partial charge < -0.3 is 5.32 Å². The number of aromatic nitrogens is 2. The fraction of sp³-hybridized carbons (Fsp3) is 0.250. The van der Waals surface area contributed by atoms with Crippen molar-refractivity contribution in [2.45, 2.75) is 30.5 Å². The Morgan fingerprint density at radius 2 is 1.84 bits per heavy atom. The molecule has 0 bridgehead atoms. The molecule has 1 aromatic heterocycles. The lowest BCUT2D eigenvalue weighted by molar-refractivity contribution is -0.137. The molecule has 2 heterocycles. The number of nitrogens with zero attached hydrogens (tertiary/aromatic N) is 2. The molecule has 2 N–H and O–H groups in total. The lowest BCUT2D eigenvalue weighted by atomic mass is 10.2. The Bertz CT molecular complexity index is 1370. The smallest absolute Gasteiger partial charge is 0.325 e. The van der Waals surface area contributed by atoms with Crippen LogP contribution in [0.5, 0.6) is 0 Å². The number of benzene rings is 2. The Labute approximate surface area is 180 Å². The van der Waals surface area contributed by atoms with Gasteiger partial charge in [0, 0.05) is 18.7 Å². The van der Waals surface area contributed by atoms with E-state index in [-0.39, 0.29) is 5.56 Å². The van der Waals surface area contributed by atoms with Crippen LogP contribution in [-0.2, 0) is 34.0 Å². The van der Waals surface area contributed by atoms with Gasteiger partial charge in [0.1, 0.15) is 5.82 Å². The summed E-state index contributed by atoms with van der Waals surface area (Å²) in [5.41, 5.74) is -0.383. The molecular formula is C20H17F3N4O4S. The molecule has 1 aliphatic rings. The molecule has 3 aromatic rings. The lowest BCUT2D eigenvalue weighted by Gasteiger charge is -2.10. The van der Waals surface area contributed by atoms with Crippen LogP contribution in [0, 0.1) is 0 Å². The number of halogens is 3. The highest BCUT2D eigenvalue weighted by atomic mass is 32.2. The second-order valence-corrected chi connectivity index (χ2v) is 8.98. The molecule has 168 valence electrons. The number of amides is 1. The fourth-order valence-electron chi connectivity index (χ4n) is 3.43. The summed E-state index contributed by atoms with van der Waals surface area (Å²) < 4.78 is 66.0. The maximum Gasteiger partial charge on any atom is 0.416 e. The van der Waals surface area contributed by atoms with Crippen molar-refractivity contribution in [3.63, 3.8) is 0 Å². The minimum atomic E-state index is -4.59. The van der Waals surface area contributed by atoms with Gasteiger partial charge in [-0.25, -0.2) is 18.1 Å². The molecule has 0 unspecified atom stereocenters. The standard InChI is InChI=1S/C20H17F3N4O4S/c21-20(22,23)12-3-6-14(7-4-12)32(30,31)24-11-18(28)25-13-5-8-15-16(10-13)26-17-2-1-9-27(17)19(15)29/h3-8,10,24H,1-2,9,11H2,(H,25,28). The topological polar surface area (TPSA) is 110 Å². The zero-order valence-electron chi connectivity index (χ0n) is 16.4. The molecule has 8 nitrogen and oxygen atoms in total. The zero-order chi connectivity index (χ0) is 23.1. The number of nitrogens with one attached hydrogen (secondary N) is 2. The first-order chi connectivity index (χ1) is 15.0. The third kappa shape index (κ3) is 4.36. The third-order valence-corrected chi connectivity index (χ3v) is 6.43. The van der Waals surface area contributed by atoms with Crippen molar-refractivity contribution in [3.8, 4) is 0 Å². The molecule has 0 fully saturated rings. The van der Waals surface area contributed by atoms with E-state index in [1.54, 1.807) is 4.57 Å². The van der Waals surface area contributed by atoms with Gasteiger partial charge in [-0.1, -0.05) is 0 Å². The highest BCUT2D eigenvalue weighted by Crippen LogP contribution is 2.29. The number of rotatable bonds is 5. The summed E-state index contributed by atoms with van der Waals surface area (Å²) in [6.45, 7) is -0.0175. The van der Waals surface area contributed by atoms with E-state index in [1.165, 1.54) is 18.2 Å². The van der Waals surface area contributed by atoms with Gasteiger partial charge in [-0.2, -0.15) is 13.2 Å². The summed E-state index contributed by atoms with van der Waals surface area (Å²) >= 11 is 0. The SMILES string of the molecule is O=C(CNS(=O)(=O)c1ccc(C(F)(F)F)cc1)Nc1ccc2c(=O)n3c(nc2c1)CCC3. The molecular weight excluding hydrogens is 449 g/mol. The van der Waals surface area contributed by atoms with E-state index in [4.69, 9.17) is 0 Å². The van der Waals surface area contributed by atoms with Crippen LogP contribution in [-0.4, -0.2) is 30.4 Å². The molecule has 1 aliphatic heterocycles. The van der Waals surface area contributed by atoms with Gasteiger partial charge in [-0.05, 0) is 48.9 Å². The first-order valence-electron chi connectivity index (χ1n) is 9.55. The second-order valence-electron chi connectivity index (χ2n) is 7.22. The largest absolute Gasteiger partial charge is 0.416 e. The van der Waals surface area contributed by atoms with Crippen molar-refractivity contribution in [1.29, 1.82) is 0 Å². The zero-order valence-corrected chi connectivity index (χ0v) is 17.3. The van der Waals surface area contributed by atoms with Gasteiger partial charge >= 0.3 is 6.18 Å². The third-order valence-electron chi connectivity index (χ3n) is 5.01. The fourth-order valence-corrected chi connectivity index (χ4v) is 4.42.